The third kappa shape index (κ3) is 3.40. The summed E-state index contributed by atoms with van der Waals surface area (Å²) in [6.45, 7) is 1.84. The molecule has 0 aromatic carbocycles. The molecule has 0 amide bonds. The third-order valence-corrected chi connectivity index (χ3v) is 6.85. The van der Waals surface area contributed by atoms with E-state index in [1.807, 2.05) is 31.8 Å². The van der Waals surface area contributed by atoms with Gasteiger partial charge >= 0.3 is 0 Å². The fraction of sp³-hybridized carbons (Fsp3) is 0.417. The van der Waals surface area contributed by atoms with Gasteiger partial charge in [-0.3, -0.25) is 4.98 Å². The Bertz CT molecular complexity index is 1280. The van der Waals surface area contributed by atoms with Gasteiger partial charge in [-0.2, -0.15) is 4.98 Å². The lowest BCUT2D eigenvalue weighted by Gasteiger charge is -2.29. The van der Waals surface area contributed by atoms with Crippen LogP contribution in [0.25, 0.3) is 21.9 Å². The first-order valence-electron chi connectivity index (χ1n) is 11.4. The lowest BCUT2D eigenvalue weighted by Crippen LogP contribution is -2.24. The summed E-state index contributed by atoms with van der Waals surface area (Å²) in [7, 11) is 1.81. The Labute approximate surface area is 186 Å². The molecule has 1 fully saturated rings. The standard InChI is InChI=1S/C24H27N7O/c1-32-17-5-3-16(4-6-17)31-21-14-26-10-8-18(21)19-13-27-24(30-23(19)31)29-22-7-2-15-12-25-11-9-20(15)28-22/h2,7-8,10,13-14,16-17,25H,3-6,9,11-12H2,1H3,(H,27,28,29,30)/t16-,17-. The number of nitrogens with one attached hydrogen (secondary N) is 2. The van der Waals surface area contributed by atoms with Gasteiger partial charge in [-0.15, -0.1) is 0 Å². The molecular formula is C24H27N7O. The van der Waals surface area contributed by atoms with Gasteiger partial charge in [0.2, 0.25) is 5.95 Å². The van der Waals surface area contributed by atoms with Crippen LogP contribution in [0.3, 0.4) is 0 Å². The molecule has 0 atom stereocenters. The first-order valence-corrected chi connectivity index (χ1v) is 11.4. The van der Waals surface area contributed by atoms with E-state index in [0.29, 0.717) is 18.1 Å². The monoisotopic (exact) mass is 429 g/mol. The zero-order valence-corrected chi connectivity index (χ0v) is 18.2. The van der Waals surface area contributed by atoms with Crippen molar-refractivity contribution in [2.45, 2.75) is 50.8 Å². The van der Waals surface area contributed by atoms with Gasteiger partial charge in [0.1, 0.15) is 11.5 Å². The van der Waals surface area contributed by atoms with Gasteiger partial charge < -0.3 is 19.9 Å². The van der Waals surface area contributed by atoms with Crippen LogP contribution in [0.1, 0.15) is 43.0 Å². The van der Waals surface area contributed by atoms with Gasteiger partial charge in [-0.25, -0.2) is 9.97 Å². The number of fused-ring (bicyclic) bond motifs is 4. The molecule has 1 aliphatic carbocycles. The maximum absolute atomic E-state index is 5.59. The Morgan fingerprint density at radius 3 is 2.84 bits per heavy atom. The molecule has 5 heterocycles. The number of methoxy groups -OCH3 is 1. The van der Waals surface area contributed by atoms with Crippen molar-refractivity contribution in [3.05, 3.63) is 48.0 Å². The fourth-order valence-electron chi connectivity index (χ4n) is 5.16. The molecule has 2 N–H and O–H groups in total. The first kappa shape index (κ1) is 19.6. The van der Waals surface area contributed by atoms with Crippen molar-refractivity contribution >= 4 is 33.7 Å². The van der Waals surface area contributed by atoms with Gasteiger partial charge in [-0.1, -0.05) is 6.07 Å². The SMILES string of the molecule is CO[C@H]1CC[C@H](n2c3cnccc3c3cnc(Nc4ccc5c(n4)CCNC5)nc32)CC1. The van der Waals surface area contributed by atoms with Gasteiger partial charge in [0.15, 0.2) is 0 Å². The zero-order valence-electron chi connectivity index (χ0n) is 18.2. The van der Waals surface area contributed by atoms with Crippen molar-refractivity contribution in [2.75, 3.05) is 19.0 Å². The predicted molar refractivity (Wildman–Crippen MR) is 124 cm³/mol. The number of hydrogen-bond acceptors (Lipinski definition) is 7. The summed E-state index contributed by atoms with van der Waals surface area (Å²) in [4.78, 5) is 18.8. The van der Waals surface area contributed by atoms with E-state index >= 15 is 0 Å². The van der Waals surface area contributed by atoms with Crippen LogP contribution in [0.5, 0.6) is 0 Å². The predicted octanol–water partition coefficient (Wildman–Crippen LogP) is 3.89. The van der Waals surface area contributed by atoms with Crippen molar-refractivity contribution in [2.24, 2.45) is 0 Å². The molecule has 2 aliphatic rings. The molecule has 8 heteroatoms. The number of rotatable bonds is 4. The molecule has 1 aliphatic heterocycles. The molecule has 6 rings (SSSR count). The van der Waals surface area contributed by atoms with Gasteiger partial charge in [0.05, 0.1) is 17.8 Å². The minimum Gasteiger partial charge on any atom is -0.381 e. The minimum atomic E-state index is 0.356. The van der Waals surface area contributed by atoms with Crippen LogP contribution in [-0.2, 0) is 17.7 Å². The highest BCUT2D eigenvalue weighted by Crippen LogP contribution is 2.37. The van der Waals surface area contributed by atoms with Gasteiger partial charge in [-0.05, 0) is 43.4 Å². The summed E-state index contributed by atoms with van der Waals surface area (Å²) in [5.41, 5.74) is 4.48. The fourth-order valence-corrected chi connectivity index (χ4v) is 5.16. The third-order valence-electron chi connectivity index (χ3n) is 6.85. The van der Waals surface area contributed by atoms with Crippen LogP contribution >= 0.6 is 0 Å². The molecule has 0 spiro atoms. The summed E-state index contributed by atoms with van der Waals surface area (Å²) >= 11 is 0. The molecule has 0 bridgehead atoms. The summed E-state index contributed by atoms with van der Waals surface area (Å²) in [6.07, 6.45) is 11.3. The number of ether oxygens (including phenoxy) is 1. The van der Waals surface area contributed by atoms with Crippen LogP contribution in [0.4, 0.5) is 11.8 Å². The van der Waals surface area contributed by atoms with Crippen LogP contribution in [0, 0.1) is 0 Å². The summed E-state index contributed by atoms with van der Waals surface area (Å²) in [5, 5.41) is 8.93. The number of aromatic nitrogens is 5. The number of hydrogen-bond donors (Lipinski definition) is 2. The van der Waals surface area contributed by atoms with Crippen molar-refractivity contribution in [3.8, 4) is 0 Å². The maximum atomic E-state index is 5.59. The average Bonchev–Trinajstić information content (AvgIpc) is 3.17. The quantitative estimate of drug-likeness (QED) is 0.509. The Kier molecular flexibility index (Phi) is 4.96. The number of pyridine rings is 2. The molecular weight excluding hydrogens is 402 g/mol. The molecule has 0 unspecified atom stereocenters. The molecule has 8 nitrogen and oxygen atoms in total. The Morgan fingerprint density at radius 1 is 1.06 bits per heavy atom. The second-order valence-corrected chi connectivity index (χ2v) is 8.71. The molecule has 164 valence electrons. The van der Waals surface area contributed by atoms with Crippen LogP contribution in [0.15, 0.2) is 36.8 Å². The van der Waals surface area contributed by atoms with Crippen molar-refractivity contribution < 1.29 is 4.74 Å². The molecule has 4 aromatic heterocycles. The zero-order chi connectivity index (χ0) is 21.5. The van der Waals surface area contributed by atoms with Gasteiger partial charge in [0, 0.05) is 61.5 Å². The topological polar surface area (TPSA) is 89.8 Å². The lowest BCUT2D eigenvalue weighted by molar-refractivity contribution is 0.0594. The Balaban J connectivity index is 1.39. The smallest absolute Gasteiger partial charge is 0.230 e. The number of anilines is 2. The molecule has 0 saturated heterocycles. The summed E-state index contributed by atoms with van der Waals surface area (Å²) in [5.74, 6) is 1.36. The first-order chi connectivity index (χ1) is 15.8. The van der Waals surface area contributed by atoms with E-state index < -0.39 is 0 Å². The highest BCUT2D eigenvalue weighted by atomic mass is 16.5. The number of nitrogens with zero attached hydrogens (tertiary/aromatic N) is 5. The van der Waals surface area contributed by atoms with E-state index in [4.69, 9.17) is 14.7 Å². The van der Waals surface area contributed by atoms with Crippen LogP contribution in [0.2, 0.25) is 0 Å². The van der Waals surface area contributed by atoms with Crippen molar-refractivity contribution in [1.29, 1.82) is 0 Å². The Morgan fingerprint density at radius 2 is 1.97 bits per heavy atom. The second-order valence-electron chi connectivity index (χ2n) is 8.71. The Hall–Kier alpha value is -3.10. The normalized spacial score (nSPS) is 21.0. The maximum Gasteiger partial charge on any atom is 0.230 e. The second kappa shape index (κ2) is 8.11. The molecule has 1 saturated carbocycles. The lowest BCUT2D eigenvalue weighted by atomic mass is 9.92. The van der Waals surface area contributed by atoms with E-state index in [0.717, 1.165) is 78.6 Å². The molecule has 0 radical (unpaired) electrons. The molecule has 4 aromatic rings. The van der Waals surface area contributed by atoms with E-state index in [-0.39, 0.29) is 0 Å². The average molecular weight is 430 g/mol. The highest BCUT2D eigenvalue weighted by Gasteiger charge is 2.26. The van der Waals surface area contributed by atoms with Crippen molar-refractivity contribution in [3.63, 3.8) is 0 Å². The van der Waals surface area contributed by atoms with E-state index in [9.17, 15) is 0 Å². The van der Waals surface area contributed by atoms with Gasteiger partial charge in [0.25, 0.3) is 0 Å². The summed E-state index contributed by atoms with van der Waals surface area (Å²) in [6, 6.07) is 6.57. The van der Waals surface area contributed by atoms with Crippen LogP contribution < -0.4 is 10.6 Å². The summed E-state index contributed by atoms with van der Waals surface area (Å²) < 4.78 is 7.95. The largest absolute Gasteiger partial charge is 0.381 e. The van der Waals surface area contributed by atoms with E-state index in [1.54, 1.807) is 0 Å². The van der Waals surface area contributed by atoms with Crippen molar-refractivity contribution in [1.82, 2.24) is 29.8 Å². The molecule has 32 heavy (non-hydrogen) atoms. The van der Waals surface area contributed by atoms with Crippen LogP contribution in [-0.4, -0.2) is 44.3 Å². The minimum absolute atomic E-state index is 0.356. The van der Waals surface area contributed by atoms with E-state index in [2.05, 4.69) is 37.3 Å². The highest BCUT2D eigenvalue weighted by molar-refractivity contribution is 6.06. The van der Waals surface area contributed by atoms with E-state index in [1.165, 1.54) is 5.56 Å².